The summed E-state index contributed by atoms with van der Waals surface area (Å²) in [5.41, 5.74) is -0.0427. The molecule has 0 N–H and O–H groups in total. The normalized spacial score (nSPS) is 46.6. The van der Waals surface area contributed by atoms with E-state index in [2.05, 4.69) is 0 Å². The van der Waals surface area contributed by atoms with Crippen LogP contribution < -0.4 is 0 Å². The minimum Gasteiger partial charge on any atom is -0.373 e. The number of nitro benzene ring substituents is 2. The second kappa shape index (κ2) is 4.38. The molecule has 6 rings (SSSR count). The van der Waals surface area contributed by atoms with E-state index in [0.29, 0.717) is 11.5 Å². The predicted octanol–water partition coefficient (Wildman–Crippen LogP) is 3.17. The highest BCUT2D eigenvalue weighted by Gasteiger charge is 2.82. The number of nitrogens with zero attached hydrogens (tertiary/aromatic N) is 2. The number of hydrogen-bond acceptors (Lipinski definition) is 5. The van der Waals surface area contributed by atoms with Gasteiger partial charge in [-0.05, 0) is 66.3 Å². The minimum absolute atomic E-state index is 0.172. The highest BCUT2D eigenvalue weighted by atomic mass is 16.6. The molecule has 7 heteroatoms. The molecule has 0 heterocycles. The number of fused-ring (bicyclic) bond motifs is 5. The van der Waals surface area contributed by atoms with Crippen molar-refractivity contribution in [3.63, 3.8) is 0 Å². The Morgan fingerprint density at radius 3 is 2.44 bits per heavy atom. The van der Waals surface area contributed by atoms with Crippen molar-refractivity contribution in [1.82, 2.24) is 0 Å². The van der Waals surface area contributed by atoms with Crippen molar-refractivity contribution in [2.75, 3.05) is 0 Å². The van der Waals surface area contributed by atoms with Crippen LogP contribution in [0.25, 0.3) is 0 Å². The first-order chi connectivity index (χ1) is 12.1. The van der Waals surface area contributed by atoms with Gasteiger partial charge in [-0.15, -0.1) is 0 Å². The number of nitro groups is 2. The molecule has 130 valence electrons. The van der Waals surface area contributed by atoms with Gasteiger partial charge >= 0.3 is 0 Å². The van der Waals surface area contributed by atoms with Gasteiger partial charge in [0, 0.05) is 6.07 Å². The summed E-state index contributed by atoms with van der Waals surface area (Å²) in [6.45, 7) is 0.172. The quantitative estimate of drug-likeness (QED) is 0.605. The third-order valence-electron chi connectivity index (χ3n) is 7.95. The van der Waals surface area contributed by atoms with Crippen LogP contribution in [0.5, 0.6) is 0 Å². The molecule has 5 saturated carbocycles. The summed E-state index contributed by atoms with van der Waals surface area (Å²) < 4.78 is 6.16. The fourth-order valence-electron chi connectivity index (χ4n) is 7.23. The molecule has 0 saturated heterocycles. The summed E-state index contributed by atoms with van der Waals surface area (Å²) in [6, 6.07) is 3.82. The lowest BCUT2D eigenvalue weighted by Crippen LogP contribution is -2.59. The average molecular weight is 342 g/mol. The van der Waals surface area contributed by atoms with Gasteiger partial charge in [0.05, 0.1) is 34.2 Å². The Hall–Kier alpha value is -2.02. The van der Waals surface area contributed by atoms with Crippen molar-refractivity contribution < 1.29 is 14.6 Å². The van der Waals surface area contributed by atoms with Gasteiger partial charge in [0.1, 0.15) is 0 Å². The van der Waals surface area contributed by atoms with E-state index in [-0.39, 0.29) is 24.1 Å². The summed E-state index contributed by atoms with van der Waals surface area (Å²) in [4.78, 5) is 20.9. The second-order valence-corrected chi connectivity index (χ2v) is 8.53. The van der Waals surface area contributed by atoms with E-state index >= 15 is 0 Å². The van der Waals surface area contributed by atoms with E-state index in [1.54, 1.807) is 0 Å². The Balaban J connectivity index is 1.21. The van der Waals surface area contributed by atoms with E-state index in [0.717, 1.165) is 53.9 Å². The number of hydrogen-bond donors (Lipinski definition) is 0. The zero-order chi connectivity index (χ0) is 17.0. The zero-order valence-corrected chi connectivity index (χ0v) is 13.5. The molecule has 25 heavy (non-hydrogen) atoms. The highest BCUT2D eigenvalue weighted by Crippen LogP contribution is 2.85. The van der Waals surface area contributed by atoms with Gasteiger partial charge in [-0.25, -0.2) is 0 Å². The standard InChI is InChI=1S/C18H18N2O5/c21-19(22)8-2-1-7(12(3-8)20(23)24)6-25-13-5-11-14-9-4-10(9)15-17(13)16(11)18(14)15/h1-3,9-11,13-18H,4-6H2/t9?,10?,11?,13-,14?,15?,16?,17?,18?/m1/s1. The molecule has 9 atom stereocenters. The van der Waals surface area contributed by atoms with Crippen molar-refractivity contribution >= 4 is 11.4 Å². The number of ether oxygens (including phenoxy) is 1. The Kier molecular flexibility index (Phi) is 2.49. The first-order valence-electron chi connectivity index (χ1n) is 9.09. The van der Waals surface area contributed by atoms with Crippen molar-refractivity contribution in [2.24, 2.45) is 47.3 Å². The molecular weight excluding hydrogens is 324 g/mol. The van der Waals surface area contributed by atoms with Crippen LogP contribution in [0.4, 0.5) is 11.4 Å². The molecule has 0 bridgehead atoms. The summed E-state index contributed by atoms with van der Waals surface area (Å²) >= 11 is 0. The van der Waals surface area contributed by atoms with Gasteiger partial charge in [0.15, 0.2) is 0 Å². The SMILES string of the molecule is O=[N+]([O-])c1ccc(CO[C@@H]2CC3C4C5CC5C5C4C3C52)c([N+](=O)[O-])c1. The maximum Gasteiger partial charge on any atom is 0.281 e. The number of non-ortho nitro benzene ring substituents is 1. The van der Waals surface area contributed by atoms with E-state index in [1.165, 1.54) is 18.6 Å². The molecular formula is C18H18N2O5. The summed E-state index contributed by atoms with van der Waals surface area (Å²) in [7, 11) is 0. The fraction of sp³-hybridized carbons (Fsp3) is 0.667. The third kappa shape index (κ3) is 1.60. The summed E-state index contributed by atoms with van der Waals surface area (Å²) in [5, 5.41) is 22.1. The van der Waals surface area contributed by atoms with Crippen LogP contribution in [0.15, 0.2) is 18.2 Å². The van der Waals surface area contributed by atoms with Gasteiger partial charge in [-0.2, -0.15) is 0 Å². The van der Waals surface area contributed by atoms with Gasteiger partial charge in [-0.3, -0.25) is 20.2 Å². The first kappa shape index (κ1) is 14.2. The molecule has 0 amide bonds. The van der Waals surface area contributed by atoms with E-state index in [4.69, 9.17) is 4.74 Å². The van der Waals surface area contributed by atoms with Crippen molar-refractivity contribution in [2.45, 2.75) is 25.6 Å². The van der Waals surface area contributed by atoms with Gasteiger partial charge < -0.3 is 4.74 Å². The van der Waals surface area contributed by atoms with E-state index < -0.39 is 9.85 Å². The Labute approximate surface area is 143 Å². The van der Waals surface area contributed by atoms with Gasteiger partial charge in [0.25, 0.3) is 11.4 Å². The minimum atomic E-state index is -0.608. The third-order valence-corrected chi connectivity index (χ3v) is 7.95. The maximum absolute atomic E-state index is 11.3. The zero-order valence-electron chi connectivity index (χ0n) is 13.5. The number of rotatable bonds is 5. The Bertz CT molecular complexity index is 826. The molecule has 0 spiro atoms. The topological polar surface area (TPSA) is 95.5 Å². The molecule has 0 aromatic heterocycles. The summed E-state index contributed by atoms with van der Waals surface area (Å²) in [5.74, 6) is 7.11. The molecule has 5 fully saturated rings. The van der Waals surface area contributed by atoms with Crippen molar-refractivity contribution in [3.8, 4) is 0 Å². The van der Waals surface area contributed by atoms with Crippen LogP contribution in [-0.2, 0) is 11.3 Å². The molecule has 7 nitrogen and oxygen atoms in total. The van der Waals surface area contributed by atoms with Crippen LogP contribution in [0.3, 0.4) is 0 Å². The average Bonchev–Trinajstić information content (AvgIpc) is 3.24. The second-order valence-electron chi connectivity index (χ2n) is 8.53. The first-order valence-corrected chi connectivity index (χ1v) is 9.09. The molecule has 5 aliphatic rings. The smallest absolute Gasteiger partial charge is 0.281 e. The van der Waals surface area contributed by atoms with Crippen LogP contribution >= 0.6 is 0 Å². The van der Waals surface area contributed by atoms with Crippen LogP contribution in [0.2, 0.25) is 0 Å². The molecule has 8 unspecified atom stereocenters. The Morgan fingerprint density at radius 2 is 1.68 bits per heavy atom. The predicted molar refractivity (Wildman–Crippen MR) is 85.5 cm³/mol. The molecule has 5 aliphatic carbocycles. The molecule has 0 radical (unpaired) electrons. The van der Waals surface area contributed by atoms with E-state index in [1.807, 2.05) is 0 Å². The molecule has 1 aromatic carbocycles. The van der Waals surface area contributed by atoms with Gasteiger partial charge in [0.2, 0.25) is 0 Å². The lowest BCUT2D eigenvalue weighted by atomic mass is 9.43. The largest absolute Gasteiger partial charge is 0.373 e. The number of benzene rings is 1. The lowest BCUT2D eigenvalue weighted by Gasteiger charge is -2.61. The fourth-order valence-corrected chi connectivity index (χ4v) is 7.23. The van der Waals surface area contributed by atoms with E-state index in [9.17, 15) is 20.2 Å². The van der Waals surface area contributed by atoms with Crippen molar-refractivity contribution in [1.29, 1.82) is 0 Å². The van der Waals surface area contributed by atoms with Crippen LogP contribution in [0.1, 0.15) is 18.4 Å². The van der Waals surface area contributed by atoms with Crippen LogP contribution in [-0.4, -0.2) is 16.0 Å². The monoisotopic (exact) mass is 342 g/mol. The Morgan fingerprint density at radius 1 is 0.920 bits per heavy atom. The highest BCUT2D eigenvalue weighted by molar-refractivity contribution is 5.48. The summed E-state index contributed by atoms with van der Waals surface area (Å²) in [6.07, 6.45) is 2.75. The molecule has 1 aromatic rings. The lowest BCUT2D eigenvalue weighted by molar-refractivity contribution is -0.394. The molecule has 0 aliphatic heterocycles. The van der Waals surface area contributed by atoms with Crippen LogP contribution in [0, 0.1) is 67.6 Å². The van der Waals surface area contributed by atoms with Crippen molar-refractivity contribution in [3.05, 3.63) is 44.0 Å². The van der Waals surface area contributed by atoms with Gasteiger partial charge in [-0.1, -0.05) is 0 Å². The maximum atomic E-state index is 11.3.